The van der Waals surface area contributed by atoms with E-state index in [-0.39, 0.29) is 0 Å². The summed E-state index contributed by atoms with van der Waals surface area (Å²) in [4.78, 5) is 4.15. The van der Waals surface area contributed by atoms with Crippen molar-refractivity contribution < 1.29 is 0 Å². The fourth-order valence-corrected chi connectivity index (χ4v) is 2.36. The summed E-state index contributed by atoms with van der Waals surface area (Å²) in [6.07, 6.45) is 8.77. The lowest BCUT2D eigenvalue weighted by Crippen LogP contribution is -2.41. The zero-order valence-corrected chi connectivity index (χ0v) is 9.95. The van der Waals surface area contributed by atoms with E-state index in [4.69, 9.17) is 5.73 Å². The van der Waals surface area contributed by atoms with Crippen LogP contribution in [0.15, 0.2) is 18.5 Å². The Hall–Kier alpha value is -1.09. The fraction of sp³-hybridized carbons (Fsp3) is 0.615. The lowest BCUT2D eigenvalue weighted by Gasteiger charge is -2.34. The molecule has 0 aliphatic heterocycles. The van der Waals surface area contributed by atoms with E-state index in [9.17, 15) is 0 Å². The van der Waals surface area contributed by atoms with E-state index in [1.807, 2.05) is 12.3 Å². The Morgan fingerprint density at radius 1 is 1.56 bits per heavy atom. The second-order valence-electron chi connectivity index (χ2n) is 4.63. The highest BCUT2D eigenvalue weighted by atomic mass is 14.9. The van der Waals surface area contributed by atoms with Crippen molar-refractivity contribution in [3.05, 3.63) is 24.0 Å². The van der Waals surface area contributed by atoms with Crippen LogP contribution in [0, 0.1) is 5.92 Å². The minimum atomic E-state index is 0.574. The summed E-state index contributed by atoms with van der Waals surface area (Å²) >= 11 is 0. The van der Waals surface area contributed by atoms with Gasteiger partial charge in [-0.2, -0.15) is 0 Å². The van der Waals surface area contributed by atoms with Crippen LogP contribution < -0.4 is 11.1 Å². The fourth-order valence-electron chi connectivity index (χ4n) is 2.36. The molecule has 1 fully saturated rings. The number of hydrogen-bond donors (Lipinski definition) is 2. The molecule has 1 aliphatic rings. The van der Waals surface area contributed by atoms with Gasteiger partial charge in [-0.15, -0.1) is 0 Å². The lowest BCUT2D eigenvalue weighted by molar-refractivity contribution is 0.229. The first-order valence-corrected chi connectivity index (χ1v) is 6.23. The van der Waals surface area contributed by atoms with E-state index < -0.39 is 0 Å². The smallest absolute Gasteiger partial charge is 0.0378 e. The van der Waals surface area contributed by atoms with E-state index in [0.717, 1.165) is 24.6 Å². The number of hydrogen-bond acceptors (Lipinski definition) is 3. The second kappa shape index (κ2) is 5.30. The predicted octanol–water partition coefficient (Wildman–Crippen LogP) is 1.98. The molecule has 3 nitrogen and oxygen atoms in total. The standard InChI is InChI=1S/C13H21N3/c1-2-16-13(10-4-3-5-10)8-11-9-15-7-6-12(11)14/h6-7,9-10,13,16H,2-5,8H2,1H3,(H2,14,15). The third-order valence-electron chi connectivity index (χ3n) is 3.57. The molecule has 1 aromatic heterocycles. The van der Waals surface area contributed by atoms with Crippen LogP contribution in [-0.4, -0.2) is 17.6 Å². The Bertz CT molecular complexity index is 334. The van der Waals surface area contributed by atoms with Gasteiger partial charge in [0.25, 0.3) is 0 Å². The lowest BCUT2D eigenvalue weighted by atomic mass is 9.77. The van der Waals surface area contributed by atoms with Gasteiger partial charge in [0.1, 0.15) is 0 Å². The van der Waals surface area contributed by atoms with Gasteiger partial charge in [0.2, 0.25) is 0 Å². The van der Waals surface area contributed by atoms with Gasteiger partial charge in [-0.05, 0) is 43.4 Å². The van der Waals surface area contributed by atoms with Crippen LogP contribution in [0.1, 0.15) is 31.7 Å². The molecule has 0 radical (unpaired) electrons. The zero-order valence-electron chi connectivity index (χ0n) is 9.95. The van der Waals surface area contributed by atoms with Gasteiger partial charge in [0.05, 0.1) is 0 Å². The van der Waals surface area contributed by atoms with Gasteiger partial charge >= 0.3 is 0 Å². The number of pyridine rings is 1. The molecule has 0 amide bonds. The molecular weight excluding hydrogens is 198 g/mol. The maximum absolute atomic E-state index is 5.96. The van der Waals surface area contributed by atoms with Crippen molar-refractivity contribution in [2.24, 2.45) is 5.92 Å². The van der Waals surface area contributed by atoms with Gasteiger partial charge in [-0.1, -0.05) is 13.3 Å². The molecular formula is C13H21N3. The number of nitrogens with one attached hydrogen (secondary N) is 1. The van der Waals surface area contributed by atoms with Crippen molar-refractivity contribution in [3.63, 3.8) is 0 Å². The summed E-state index contributed by atoms with van der Waals surface area (Å²) in [6, 6.07) is 2.46. The summed E-state index contributed by atoms with van der Waals surface area (Å²) in [7, 11) is 0. The number of nitrogen functional groups attached to an aromatic ring is 1. The summed E-state index contributed by atoms with van der Waals surface area (Å²) in [5.74, 6) is 0.833. The molecule has 2 rings (SSSR count). The molecule has 0 bridgehead atoms. The molecule has 1 saturated carbocycles. The molecule has 1 atom stereocenters. The first kappa shape index (κ1) is 11.4. The number of anilines is 1. The van der Waals surface area contributed by atoms with Crippen molar-refractivity contribution in [2.45, 2.75) is 38.6 Å². The molecule has 0 aromatic carbocycles. The summed E-state index contributed by atoms with van der Waals surface area (Å²) in [6.45, 7) is 3.19. The highest BCUT2D eigenvalue weighted by molar-refractivity contribution is 5.44. The molecule has 16 heavy (non-hydrogen) atoms. The van der Waals surface area contributed by atoms with E-state index in [0.29, 0.717) is 6.04 Å². The van der Waals surface area contributed by atoms with Crippen molar-refractivity contribution in [2.75, 3.05) is 12.3 Å². The number of likely N-dealkylation sites (N-methyl/N-ethyl adjacent to an activating group) is 1. The molecule has 3 heteroatoms. The molecule has 0 saturated heterocycles. The summed E-state index contributed by atoms with van der Waals surface area (Å²) in [5.41, 5.74) is 8.01. The van der Waals surface area contributed by atoms with E-state index in [1.54, 1.807) is 6.20 Å². The number of nitrogens with two attached hydrogens (primary N) is 1. The van der Waals surface area contributed by atoms with Crippen molar-refractivity contribution in [3.8, 4) is 0 Å². The summed E-state index contributed by atoms with van der Waals surface area (Å²) < 4.78 is 0. The van der Waals surface area contributed by atoms with Crippen LogP contribution in [0.25, 0.3) is 0 Å². The number of aromatic nitrogens is 1. The monoisotopic (exact) mass is 219 g/mol. The second-order valence-corrected chi connectivity index (χ2v) is 4.63. The average Bonchev–Trinajstić information content (AvgIpc) is 2.19. The molecule has 1 unspecified atom stereocenters. The van der Waals surface area contributed by atoms with Crippen LogP contribution in [0.4, 0.5) is 5.69 Å². The minimum Gasteiger partial charge on any atom is -0.398 e. The molecule has 1 aliphatic carbocycles. The molecule has 0 spiro atoms. The zero-order chi connectivity index (χ0) is 11.4. The Morgan fingerprint density at radius 2 is 2.38 bits per heavy atom. The van der Waals surface area contributed by atoms with Crippen LogP contribution in [0.2, 0.25) is 0 Å². The topological polar surface area (TPSA) is 50.9 Å². The van der Waals surface area contributed by atoms with Crippen LogP contribution >= 0.6 is 0 Å². The van der Waals surface area contributed by atoms with Crippen molar-refractivity contribution >= 4 is 5.69 Å². The summed E-state index contributed by atoms with van der Waals surface area (Å²) in [5, 5.41) is 3.58. The van der Waals surface area contributed by atoms with Gasteiger partial charge < -0.3 is 11.1 Å². The maximum Gasteiger partial charge on any atom is 0.0378 e. The SMILES string of the molecule is CCNC(Cc1cnccc1N)C1CCC1. The van der Waals surface area contributed by atoms with Gasteiger partial charge in [-0.3, -0.25) is 4.98 Å². The van der Waals surface area contributed by atoms with Crippen molar-refractivity contribution in [1.29, 1.82) is 0 Å². The highest BCUT2D eigenvalue weighted by Gasteiger charge is 2.26. The Kier molecular flexibility index (Phi) is 3.78. The first-order valence-electron chi connectivity index (χ1n) is 6.23. The van der Waals surface area contributed by atoms with Gasteiger partial charge in [-0.25, -0.2) is 0 Å². The Labute approximate surface area is 97.5 Å². The average molecular weight is 219 g/mol. The normalized spacial score (nSPS) is 18.1. The van der Waals surface area contributed by atoms with Gasteiger partial charge in [0, 0.05) is 24.1 Å². The molecule has 3 N–H and O–H groups in total. The van der Waals surface area contributed by atoms with E-state index >= 15 is 0 Å². The molecule has 1 aromatic rings. The van der Waals surface area contributed by atoms with Gasteiger partial charge in [0.15, 0.2) is 0 Å². The first-order chi connectivity index (χ1) is 7.81. The molecule has 1 heterocycles. The quantitative estimate of drug-likeness (QED) is 0.796. The number of nitrogens with zero attached hydrogens (tertiary/aromatic N) is 1. The number of rotatable bonds is 5. The van der Waals surface area contributed by atoms with Crippen LogP contribution in [0.5, 0.6) is 0 Å². The van der Waals surface area contributed by atoms with Crippen molar-refractivity contribution in [1.82, 2.24) is 10.3 Å². The van der Waals surface area contributed by atoms with E-state index in [2.05, 4.69) is 17.2 Å². The Balaban J connectivity index is 2.01. The van der Waals surface area contributed by atoms with Crippen LogP contribution in [-0.2, 0) is 6.42 Å². The van der Waals surface area contributed by atoms with Crippen LogP contribution in [0.3, 0.4) is 0 Å². The molecule has 88 valence electrons. The third kappa shape index (κ3) is 2.53. The third-order valence-corrected chi connectivity index (χ3v) is 3.57. The van der Waals surface area contributed by atoms with E-state index in [1.165, 1.54) is 24.8 Å². The maximum atomic E-state index is 5.96. The highest BCUT2D eigenvalue weighted by Crippen LogP contribution is 2.31. The Morgan fingerprint density at radius 3 is 2.94 bits per heavy atom. The largest absolute Gasteiger partial charge is 0.398 e. The predicted molar refractivity (Wildman–Crippen MR) is 67.2 cm³/mol. The minimum absolute atomic E-state index is 0.574.